The van der Waals surface area contributed by atoms with E-state index in [0.717, 1.165) is 24.0 Å². The number of carbonyl (C=O) groups is 3. The first-order valence-electron chi connectivity index (χ1n) is 10.6. The van der Waals surface area contributed by atoms with E-state index in [4.69, 9.17) is 9.47 Å². The number of esters is 1. The second-order valence-corrected chi connectivity index (χ2v) is 9.02. The van der Waals surface area contributed by atoms with Crippen molar-refractivity contribution in [2.24, 2.45) is 11.3 Å². The molecule has 1 aliphatic heterocycles. The lowest BCUT2D eigenvalue weighted by Crippen LogP contribution is -2.48. The van der Waals surface area contributed by atoms with Crippen LogP contribution in [0, 0.1) is 11.3 Å². The van der Waals surface area contributed by atoms with Crippen LogP contribution < -0.4 is 0 Å². The summed E-state index contributed by atoms with van der Waals surface area (Å²) in [6, 6.07) is 5.80. The molecule has 6 heteroatoms. The summed E-state index contributed by atoms with van der Waals surface area (Å²) in [5.74, 6) is -1.04. The van der Waals surface area contributed by atoms with Gasteiger partial charge in [0.2, 0.25) is 0 Å². The van der Waals surface area contributed by atoms with Crippen molar-refractivity contribution in [3.63, 3.8) is 0 Å². The zero-order valence-corrected chi connectivity index (χ0v) is 18.2. The van der Waals surface area contributed by atoms with Crippen LogP contribution in [0.2, 0.25) is 0 Å². The monoisotopic (exact) mass is 413 g/mol. The zero-order chi connectivity index (χ0) is 22.1. The minimum Gasteiger partial charge on any atom is -0.464 e. The molecule has 1 aliphatic carbocycles. The van der Waals surface area contributed by atoms with Crippen LogP contribution in [0.25, 0.3) is 0 Å². The van der Waals surface area contributed by atoms with Gasteiger partial charge in [-0.25, -0.2) is 9.59 Å². The number of hydrogen-bond acceptors (Lipinski definition) is 5. The van der Waals surface area contributed by atoms with Gasteiger partial charge in [0, 0.05) is 0 Å². The summed E-state index contributed by atoms with van der Waals surface area (Å²) in [6.07, 6.45) is 2.87. The molecule has 3 atom stereocenters. The Hall–Kier alpha value is -2.63. The molecule has 162 valence electrons. The summed E-state index contributed by atoms with van der Waals surface area (Å²) < 4.78 is 10.6. The van der Waals surface area contributed by atoms with E-state index < -0.39 is 35.5 Å². The number of Topliss-reactive ketones (excluding diaryl/α,β-unsaturated/α-hetero) is 1. The Morgan fingerprint density at radius 2 is 1.80 bits per heavy atom. The molecule has 1 aromatic carbocycles. The lowest BCUT2D eigenvalue weighted by atomic mass is 9.74. The quantitative estimate of drug-likeness (QED) is 0.510. The molecule has 30 heavy (non-hydrogen) atoms. The standard InChI is InChI=1S/C24H31NO5/c1-6-14-30-23(28)25-19(17-11-9-8-10-16(17)15-12-13-15)21(26)18(24(3,4)5)20(25)22(27)29-7-2/h6,8-11,15,18-20H,1,7,12-14H2,2-5H3/t18-,19+,20+/m1/s1. The Morgan fingerprint density at radius 3 is 2.33 bits per heavy atom. The molecule has 0 aromatic heterocycles. The second kappa shape index (κ2) is 8.62. The van der Waals surface area contributed by atoms with Crippen molar-refractivity contribution in [1.82, 2.24) is 4.90 Å². The molecule has 2 fully saturated rings. The number of benzene rings is 1. The van der Waals surface area contributed by atoms with Gasteiger partial charge in [0.25, 0.3) is 0 Å². The van der Waals surface area contributed by atoms with Crippen molar-refractivity contribution in [3.05, 3.63) is 48.0 Å². The maximum Gasteiger partial charge on any atom is 0.411 e. The van der Waals surface area contributed by atoms with Crippen LogP contribution in [0.4, 0.5) is 4.79 Å². The van der Waals surface area contributed by atoms with Crippen LogP contribution in [0.15, 0.2) is 36.9 Å². The van der Waals surface area contributed by atoms with Gasteiger partial charge in [-0.3, -0.25) is 9.69 Å². The summed E-state index contributed by atoms with van der Waals surface area (Å²) in [5.41, 5.74) is 1.30. The fourth-order valence-electron chi connectivity index (χ4n) is 4.41. The Kier molecular flexibility index (Phi) is 6.34. The van der Waals surface area contributed by atoms with Crippen LogP contribution in [-0.4, -0.2) is 42.0 Å². The van der Waals surface area contributed by atoms with Gasteiger partial charge in [-0.15, -0.1) is 0 Å². The molecule has 0 bridgehead atoms. The van der Waals surface area contributed by atoms with Crippen molar-refractivity contribution in [3.8, 4) is 0 Å². The Morgan fingerprint density at radius 1 is 1.17 bits per heavy atom. The van der Waals surface area contributed by atoms with Crippen LogP contribution in [0.3, 0.4) is 0 Å². The molecule has 0 N–H and O–H groups in total. The minimum atomic E-state index is -1.04. The number of ketones is 1. The van der Waals surface area contributed by atoms with Crippen molar-refractivity contribution in [1.29, 1.82) is 0 Å². The number of carbonyl (C=O) groups excluding carboxylic acids is 3. The molecule has 1 saturated carbocycles. The average molecular weight is 414 g/mol. The molecule has 1 aromatic rings. The van der Waals surface area contributed by atoms with E-state index in [9.17, 15) is 14.4 Å². The third kappa shape index (κ3) is 4.13. The summed E-state index contributed by atoms with van der Waals surface area (Å²) in [7, 11) is 0. The number of hydrogen-bond donors (Lipinski definition) is 0. The van der Waals surface area contributed by atoms with Crippen molar-refractivity contribution < 1.29 is 23.9 Å². The second-order valence-electron chi connectivity index (χ2n) is 9.02. The van der Waals surface area contributed by atoms with E-state index in [2.05, 4.69) is 6.58 Å². The van der Waals surface area contributed by atoms with Crippen molar-refractivity contribution >= 4 is 17.8 Å². The minimum absolute atomic E-state index is 0.00372. The van der Waals surface area contributed by atoms with Crippen LogP contribution in [-0.2, 0) is 19.1 Å². The van der Waals surface area contributed by atoms with Crippen LogP contribution >= 0.6 is 0 Å². The lowest BCUT2D eigenvalue weighted by Gasteiger charge is -2.32. The topological polar surface area (TPSA) is 72.9 Å². The fourth-order valence-corrected chi connectivity index (χ4v) is 4.41. The highest BCUT2D eigenvalue weighted by Gasteiger charge is 2.59. The molecule has 1 saturated heterocycles. The highest BCUT2D eigenvalue weighted by molar-refractivity contribution is 6.01. The van der Waals surface area contributed by atoms with Crippen LogP contribution in [0.5, 0.6) is 0 Å². The van der Waals surface area contributed by atoms with Gasteiger partial charge in [0.1, 0.15) is 18.7 Å². The van der Waals surface area contributed by atoms with E-state index in [-0.39, 0.29) is 19.0 Å². The number of rotatable bonds is 6. The SMILES string of the molecule is C=CCOC(=O)N1[C@@H](c2ccccc2C2CC2)C(=O)[C@H](C(C)(C)C)[C@H]1C(=O)OCC. The summed E-state index contributed by atoms with van der Waals surface area (Å²) in [4.78, 5) is 41.2. The Balaban J connectivity index is 2.15. The number of amides is 1. The molecule has 6 nitrogen and oxygen atoms in total. The molecular weight excluding hydrogens is 382 g/mol. The van der Waals surface area contributed by atoms with Crippen LogP contribution in [0.1, 0.15) is 63.6 Å². The molecular formula is C24H31NO5. The summed E-state index contributed by atoms with van der Waals surface area (Å²) >= 11 is 0. The molecule has 0 spiro atoms. The van der Waals surface area contributed by atoms with Gasteiger partial charge in [0.05, 0.1) is 12.5 Å². The first-order valence-corrected chi connectivity index (χ1v) is 10.6. The third-order valence-electron chi connectivity index (χ3n) is 5.77. The Bertz CT molecular complexity index is 836. The maximum atomic E-state index is 13.8. The highest BCUT2D eigenvalue weighted by atomic mass is 16.6. The first kappa shape index (κ1) is 22.1. The van der Waals surface area contributed by atoms with Crippen molar-refractivity contribution in [2.75, 3.05) is 13.2 Å². The molecule has 1 heterocycles. The summed E-state index contributed by atoms with van der Waals surface area (Å²) in [5, 5.41) is 0. The molecule has 3 rings (SSSR count). The van der Waals surface area contributed by atoms with Gasteiger partial charge in [-0.1, -0.05) is 57.7 Å². The van der Waals surface area contributed by atoms with Crippen molar-refractivity contribution in [2.45, 2.75) is 58.5 Å². The van der Waals surface area contributed by atoms with E-state index in [1.165, 1.54) is 11.0 Å². The summed E-state index contributed by atoms with van der Waals surface area (Å²) in [6.45, 7) is 11.2. The van der Waals surface area contributed by atoms with Gasteiger partial charge in [-0.2, -0.15) is 0 Å². The number of ether oxygens (including phenoxy) is 2. The lowest BCUT2D eigenvalue weighted by molar-refractivity contribution is -0.151. The largest absolute Gasteiger partial charge is 0.464 e. The van der Waals surface area contributed by atoms with E-state index >= 15 is 0 Å². The van der Waals surface area contributed by atoms with E-state index in [0.29, 0.717) is 5.92 Å². The third-order valence-corrected chi connectivity index (χ3v) is 5.77. The smallest absolute Gasteiger partial charge is 0.411 e. The van der Waals surface area contributed by atoms with E-state index in [1.807, 2.05) is 45.0 Å². The fraction of sp³-hybridized carbons (Fsp3) is 0.542. The first-order chi connectivity index (χ1) is 14.2. The predicted molar refractivity (Wildman–Crippen MR) is 113 cm³/mol. The zero-order valence-electron chi connectivity index (χ0n) is 18.2. The Labute approximate surface area is 178 Å². The van der Waals surface area contributed by atoms with Gasteiger partial charge >= 0.3 is 12.1 Å². The average Bonchev–Trinajstić information content (AvgIpc) is 3.48. The van der Waals surface area contributed by atoms with E-state index in [1.54, 1.807) is 6.92 Å². The number of likely N-dealkylation sites (tertiary alicyclic amines) is 1. The molecule has 2 aliphatic rings. The van der Waals surface area contributed by atoms with Gasteiger partial charge < -0.3 is 9.47 Å². The normalized spacial score (nSPS) is 23.9. The predicted octanol–water partition coefficient (Wildman–Crippen LogP) is 4.41. The maximum absolute atomic E-state index is 13.8. The highest BCUT2D eigenvalue weighted by Crippen LogP contribution is 2.50. The van der Waals surface area contributed by atoms with Gasteiger partial charge in [0.15, 0.2) is 5.78 Å². The molecule has 0 radical (unpaired) electrons. The van der Waals surface area contributed by atoms with Gasteiger partial charge in [-0.05, 0) is 42.2 Å². The molecule has 1 amide bonds. The number of nitrogens with zero attached hydrogens (tertiary/aromatic N) is 1. The molecule has 0 unspecified atom stereocenters.